The summed E-state index contributed by atoms with van der Waals surface area (Å²) in [5.74, 6) is -2.34. The van der Waals surface area contributed by atoms with Crippen molar-refractivity contribution in [3.8, 4) is 11.1 Å². The molecule has 218 valence electrons. The molecule has 4 atom stereocenters. The fourth-order valence-corrected chi connectivity index (χ4v) is 5.86. The average Bonchev–Trinajstić information content (AvgIpc) is 3.73. The highest BCUT2D eigenvalue weighted by Crippen LogP contribution is 2.36. The maximum atomic E-state index is 12.1. The molecule has 0 spiro atoms. The number of rotatable bonds is 7. The van der Waals surface area contributed by atoms with E-state index in [1.54, 1.807) is 13.8 Å². The lowest BCUT2D eigenvalue weighted by atomic mass is 9.94. The van der Waals surface area contributed by atoms with Gasteiger partial charge in [-0.05, 0) is 68.0 Å². The summed E-state index contributed by atoms with van der Waals surface area (Å²) < 4.78 is 23.5. The van der Waals surface area contributed by atoms with Crippen LogP contribution in [0, 0.1) is 0 Å². The van der Waals surface area contributed by atoms with Crippen LogP contribution in [0.2, 0.25) is 0 Å². The van der Waals surface area contributed by atoms with Crippen LogP contribution in [-0.2, 0) is 28.5 Å². The van der Waals surface area contributed by atoms with Gasteiger partial charge in [-0.15, -0.1) is 0 Å². The largest absolute Gasteiger partial charge is 0.367 e. The zero-order chi connectivity index (χ0) is 29.8. The van der Waals surface area contributed by atoms with Crippen molar-refractivity contribution in [2.75, 3.05) is 0 Å². The van der Waals surface area contributed by atoms with Crippen LogP contribution >= 0.6 is 0 Å². The number of amides is 1. The van der Waals surface area contributed by atoms with E-state index in [0.29, 0.717) is 12.8 Å². The van der Waals surface area contributed by atoms with Crippen LogP contribution in [0.4, 0.5) is 0 Å². The molecule has 0 radical (unpaired) electrons. The zero-order valence-electron chi connectivity index (χ0n) is 24.4. The van der Waals surface area contributed by atoms with Gasteiger partial charge < -0.3 is 24.7 Å². The SMILES string of the molecule is CC(=O)[C@@H]1OC(C)(C)O[C@H]1C1=NC=C(c2ccc(-c3ccc(C4=CN=C([C@@H]5OC(C)(C)O[C@H]5C(N)=O)C4)cc3)cc2)C1. The Hall–Kier alpha value is -3.76. The Balaban J connectivity index is 1.08. The lowest BCUT2D eigenvalue weighted by Crippen LogP contribution is -2.40. The normalized spacial score (nSPS) is 27.8. The molecule has 0 unspecified atom stereocenters. The number of nitrogens with zero attached hydrogens (tertiary/aromatic N) is 2. The molecule has 2 aromatic carbocycles. The first-order valence-corrected chi connectivity index (χ1v) is 14.1. The summed E-state index contributed by atoms with van der Waals surface area (Å²) in [4.78, 5) is 33.2. The molecule has 9 nitrogen and oxygen atoms in total. The van der Waals surface area contributed by atoms with E-state index < -0.39 is 41.9 Å². The van der Waals surface area contributed by atoms with E-state index in [0.717, 1.165) is 44.8 Å². The highest BCUT2D eigenvalue weighted by atomic mass is 16.8. The standard InChI is InChI=1S/C33H35N3O6/c1-18(37)27-28(40-32(2,3)39-27)25-14-23(16-35-25)21-10-6-19(7-11-21)20-8-12-22(13-9-20)24-15-26(36-17-24)29-30(31(34)38)42-33(4,5)41-29/h6-13,16-17,27-30H,14-15H2,1-5H3,(H2,34,38)/t27-,28-,29-,30+/m0/s1. The van der Waals surface area contributed by atoms with E-state index in [4.69, 9.17) is 24.7 Å². The molecule has 9 heteroatoms. The van der Waals surface area contributed by atoms with Crippen molar-refractivity contribution in [2.45, 2.75) is 83.5 Å². The fourth-order valence-electron chi connectivity index (χ4n) is 5.86. The highest BCUT2D eigenvalue weighted by Gasteiger charge is 2.48. The second-order valence-electron chi connectivity index (χ2n) is 12.0. The molecule has 4 aliphatic heterocycles. The number of benzene rings is 2. The molecular weight excluding hydrogens is 534 g/mol. The molecule has 0 bridgehead atoms. The monoisotopic (exact) mass is 569 g/mol. The maximum Gasteiger partial charge on any atom is 0.249 e. The summed E-state index contributed by atoms with van der Waals surface area (Å²) in [6.07, 6.45) is 2.27. The number of primary amides is 1. The number of carbonyl (C=O) groups excluding carboxylic acids is 2. The smallest absolute Gasteiger partial charge is 0.249 e. The van der Waals surface area contributed by atoms with Gasteiger partial charge in [0.15, 0.2) is 29.6 Å². The fraction of sp³-hybridized carbons (Fsp3) is 0.394. The van der Waals surface area contributed by atoms with Crippen molar-refractivity contribution in [3.05, 3.63) is 72.1 Å². The minimum atomic E-state index is -0.897. The van der Waals surface area contributed by atoms with Gasteiger partial charge >= 0.3 is 0 Å². The predicted molar refractivity (Wildman–Crippen MR) is 159 cm³/mol. The predicted octanol–water partition coefficient (Wildman–Crippen LogP) is 4.84. The van der Waals surface area contributed by atoms with E-state index >= 15 is 0 Å². The number of Topliss-reactive ketones (excluding diaryl/α,β-unsaturated/α-hetero) is 1. The minimum Gasteiger partial charge on any atom is -0.367 e. The van der Waals surface area contributed by atoms with Gasteiger partial charge in [0.1, 0.15) is 12.2 Å². The number of nitrogens with two attached hydrogens (primary N) is 1. The molecule has 42 heavy (non-hydrogen) atoms. The van der Waals surface area contributed by atoms with Crippen LogP contribution in [-0.4, -0.2) is 59.1 Å². The van der Waals surface area contributed by atoms with E-state index in [1.807, 2.05) is 26.2 Å². The van der Waals surface area contributed by atoms with Gasteiger partial charge in [-0.1, -0.05) is 48.5 Å². The Morgan fingerprint density at radius 1 is 0.667 bits per heavy atom. The molecule has 1 amide bonds. The Kier molecular flexibility index (Phi) is 7.09. The minimum absolute atomic E-state index is 0.0625. The van der Waals surface area contributed by atoms with E-state index in [2.05, 4.69) is 58.5 Å². The first-order valence-electron chi connectivity index (χ1n) is 14.1. The summed E-state index contributed by atoms with van der Waals surface area (Å²) >= 11 is 0. The maximum absolute atomic E-state index is 12.1. The van der Waals surface area contributed by atoms with Crippen LogP contribution in [0.15, 0.2) is 70.9 Å². The van der Waals surface area contributed by atoms with Crippen molar-refractivity contribution in [1.82, 2.24) is 0 Å². The number of ketones is 1. The van der Waals surface area contributed by atoms with Crippen LogP contribution in [0.3, 0.4) is 0 Å². The second-order valence-corrected chi connectivity index (χ2v) is 12.0. The van der Waals surface area contributed by atoms with Gasteiger partial charge in [0.05, 0.1) is 11.4 Å². The van der Waals surface area contributed by atoms with Gasteiger partial charge in [0.2, 0.25) is 5.91 Å². The zero-order valence-corrected chi connectivity index (χ0v) is 24.4. The number of hydrogen-bond acceptors (Lipinski definition) is 8. The molecule has 2 N–H and O–H groups in total. The Morgan fingerprint density at radius 3 is 1.45 bits per heavy atom. The highest BCUT2D eigenvalue weighted by molar-refractivity contribution is 6.05. The summed E-state index contributed by atoms with van der Waals surface area (Å²) in [6.45, 7) is 8.68. The summed E-state index contributed by atoms with van der Waals surface area (Å²) in [5, 5.41) is 0. The molecule has 2 fully saturated rings. The average molecular weight is 570 g/mol. The molecule has 2 saturated heterocycles. The Bertz CT molecular complexity index is 1430. The van der Waals surface area contributed by atoms with E-state index in [9.17, 15) is 9.59 Å². The molecule has 2 aromatic rings. The van der Waals surface area contributed by atoms with Gasteiger partial charge in [-0.25, -0.2) is 0 Å². The number of carbonyl (C=O) groups is 2. The van der Waals surface area contributed by atoms with Gasteiger partial charge in [-0.3, -0.25) is 19.6 Å². The van der Waals surface area contributed by atoms with Gasteiger partial charge in [0, 0.05) is 25.2 Å². The molecular formula is C33H35N3O6. The topological polar surface area (TPSA) is 122 Å². The van der Waals surface area contributed by atoms with Crippen molar-refractivity contribution in [3.63, 3.8) is 0 Å². The number of aliphatic imine (C=N–C) groups is 2. The Morgan fingerprint density at radius 2 is 1.05 bits per heavy atom. The van der Waals surface area contributed by atoms with E-state index in [-0.39, 0.29) is 5.78 Å². The molecule has 6 rings (SSSR count). The van der Waals surface area contributed by atoms with Crippen LogP contribution < -0.4 is 5.73 Å². The molecule has 0 aromatic heterocycles. The first-order chi connectivity index (χ1) is 19.9. The van der Waals surface area contributed by atoms with Gasteiger partial charge in [0.25, 0.3) is 0 Å². The molecule has 4 aliphatic rings. The summed E-state index contributed by atoms with van der Waals surface area (Å²) in [5.41, 5.74) is 13.5. The van der Waals surface area contributed by atoms with Crippen molar-refractivity contribution >= 4 is 34.3 Å². The van der Waals surface area contributed by atoms with Crippen molar-refractivity contribution < 1.29 is 28.5 Å². The van der Waals surface area contributed by atoms with Gasteiger partial charge in [-0.2, -0.15) is 0 Å². The number of ether oxygens (including phenoxy) is 4. The number of allylic oxidation sites excluding steroid dienone is 2. The quantitative estimate of drug-likeness (QED) is 0.509. The summed E-state index contributed by atoms with van der Waals surface area (Å²) in [6, 6.07) is 16.7. The third-order valence-electron chi connectivity index (χ3n) is 7.89. The van der Waals surface area contributed by atoms with Crippen molar-refractivity contribution in [1.29, 1.82) is 0 Å². The summed E-state index contributed by atoms with van der Waals surface area (Å²) in [7, 11) is 0. The lowest BCUT2D eigenvalue weighted by molar-refractivity contribution is -0.152. The lowest BCUT2D eigenvalue weighted by Gasteiger charge is -2.17. The third-order valence-corrected chi connectivity index (χ3v) is 7.89. The van der Waals surface area contributed by atoms with Crippen LogP contribution in [0.5, 0.6) is 0 Å². The second kappa shape index (κ2) is 10.5. The molecule has 4 heterocycles. The third kappa shape index (κ3) is 5.53. The van der Waals surface area contributed by atoms with Crippen LogP contribution in [0.25, 0.3) is 22.3 Å². The first kappa shape index (κ1) is 28.4. The van der Waals surface area contributed by atoms with Crippen molar-refractivity contribution in [2.24, 2.45) is 15.7 Å². The van der Waals surface area contributed by atoms with E-state index in [1.165, 1.54) is 6.92 Å². The number of hydrogen-bond donors (Lipinski definition) is 1. The Labute approximate surface area is 245 Å². The van der Waals surface area contributed by atoms with Crippen LogP contribution in [0.1, 0.15) is 58.6 Å². The molecule has 0 aliphatic carbocycles. The molecule has 0 saturated carbocycles.